The number of nitrogens with zero attached hydrogens (tertiary/aromatic N) is 2. The van der Waals surface area contributed by atoms with E-state index in [1.807, 2.05) is 218 Å². The Labute approximate surface area is 375 Å². The monoisotopic (exact) mass is 838 g/mol. The molecule has 6 heteroatoms. The molecule has 316 valence electrons. The highest BCUT2D eigenvalue weighted by molar-refractivity contribution is 5.89. The lowest BCUT2D eigenvalue weighted by molar-refractivity contribution is -0.213. The fraction of sp³-hybridized carbons (Fsp3) is 0.138. The number of hydrogen-bond donors (Lipinski definition) is 2. The summed E-state index contributed by atoms with van der Waals surface area (Å²) < 4.78 is 0. The lowest BCUT2D eigenvalue weighted by atomic mass is 9.84. The van der Waals surface area contributed by atoms with Crippen LogP contribution in [-0.4, -0.2) is 44.4 Å². The van der Waals surface area contributed by atoms with Crippen LogP contribution in [0.2, 0.25) is 0 Å². The molecule has 0 aromatic heterocycles. The summed E-state index contributed by atoms with van der Waals surface area (Å²) in [4.78, 5) is 30.4. The number of carbonyl (C=O) groups excluding carboxylic acids is 2. The standard InChI is InChI=1S/C58H50N2O4/c61-57(55(49-31-15-27-45(37-49)41-19-5-1-6-20-41)50-32-16-28-46(38-50)42-21-7-2-8-22-42)59(63)53-35-13-14-36-54(53)60(64)58(62)56(51-33-17-29-47(39-51)43-23-9-3-10-24-43)52-34-18-30-48(40-52)44-25-11-4-12-26-44/h1-12,15-34,37-40,53-56,63-64H,13-14,35-36H2/t53-,54?/m1/s1. The van der Waals surface area contributed by atoms with Gasteiger partial charge in [-0.25, -0.2) is 10.1 Å². The number of rotatable bonds is 12. The minimum absolute atomic E-state index is 0.399. The van der Waals surface area contributed by atoms with Crippen molar-refractivity contribution in [3.05, 3.63) is 241 Å². The van der Waals surface area contributed by atoms with Gasteiger partial charge in [-0.15, -0.1) is 0 Å². The molecule has 1 unspecified atom stereocenters. The van der Waals surface area contributed by atoms with Crippen molar-refractivity contribution in [3.8, 4) is 44.5 Å². The summed E-state index contributed by atoms with van der Waals surface area (Å²) >= 11 is 0. The minimum atomic E-state index is -0.892. The minimum Gasteiger partial charge on any atom is -0.286 e. The molecule has 0 heterocycles. The maximum absolute atomic E-state index is 15.2. The highest BCUT2D eigenvalue weighted by Crippen LogP contribution is 2.38. The Morgan fingerprint density at radius 3 is 0.828 bits per heavy atom. The third kappa shape index (κ3) is 9.06. The van der Waals surface area contributed by atoms with Gasteiger partial charge < -0.3 is 0 Å². The first-order valence-corrected chi connectivity index (χ1v) is 22.1. The molecule has 9 rings (SSSR count). The van der Waals surface area contributed by atoms with E-state index in [9.17, 15) is 10.4 Å². The zero-order valence-corrected chi connectivity index (χ0v) is 35.5. The lowest BCUT2D eigenvalue weighted by Crippen LogP contribution is -2.56. The number of benzene rings is 8. The van der Waals surface area contributed by atoms with Crippen LogP contribution in [0, 0.1) is 0 Å². The molecule has 0 saturated heterocycles. The van der Waals surface area contributed by atoms with Gasteiger partial charge in [-0.1, -0.05) is 231 Å². The van der Waals surface area contributed by atoms with E-state index in [0.29, 0.717) is 25.7 Å². The van der Waals surface area contributed by atoms with Gasteiger partial charge in [0, 0.05) is 0 Å². The van der Waals surface area contributed by atoms with Gasteiger partial charge in [0.2, 0.25) is 0 Å². The van der Waals surface area contributed by atoms with Crippen LogP contribution in [0.25, 0.3) is 44.5 Å². The van der Waals surface area contributed by atoms with Gasteiger partial charge in [0.1, 0.15) is 0 Å². The van der Waals surface area contributed by atoms with Crippen molar-refractivity contribution in [2.75, 3.05) is 0 Å². The van der Waals surface area contributed by atoms with E-state index in [1.165, 1.54) is 0 Å². The fourth-order valence-corrected chi connectivity index (χ4v) is 9.32. The van der Waals surface area contributed by atoms with E-state index in [1.54, 1.807) is 0 Å². The maximum atomic E-state index is 15.2. The van der Waals surface area contributed by atoms with Gasteiger partial charge in [0.15, 0.2) is 0 Å². The molecule has 1 fully saturated rings. The first-order chi connectivity index (χ1) is 31.4. The molecule has 6 nitrogen and oxygen atoms in total. The van der Waals surface area contributed by atoms with Crippen molar-refractivity contribution in [3.63, 3.8) is 0 Å². The molecular weight excluding hydrogens is 789 g/mol. The zero-order valence-electron chi connectivity index (χ0n) is 35.5. The number of hydroxylamine groups is 4. The predicted molar refractivity (Wildman–Crippen MR) is 255 cm³/mol. The van der Waals surface area contributed by atoms with Crippen molar-refractivity contribution >= 4 is 11.8 Å². The van der Waals surface area contributed by atoms with Gasteiger partial charge in [-0.2, -0.15) is 0 Å². The number of hydrogen-bond acceptors (Lipinski definition) is 4. The second-order valence-electron chi connectivity index (χ2n) is 16.6. The normalized spacial score (nSPS) is 14.9. The fourth-order valence-electron chi connectivity index (χ4n) is 9.32. The molecule has 2 amide bonds. The molecule has 64 heavy (non-hydrogen) atoms. The molecule has 0 aliphatic heterocycles. The van der Waals surface area contributed by atoms with E-state index in [4.69, 9.17) is 0 Å². The van der Waals surface area contributed by atoms with Gasteiger partial charge in [0.05, 0.1) is 23.9 Å². The highest BCUT2D eigenvalue weighted by atomic mass is 16.5. The SMILES string of the molecule is O=C(C(c1cccc(-c2ccccc2)c1)c1cccc(-c2ccccc2)c1)N(O)C1CCCC[C@H]1N(O)C(=O)C(c1cccc(-c2ccccc2)c1)c1cccc(-c2ccccc2)c1. The average molecular weight is 839 g/mol. The first-order valence-electron chi connectivity index (χ1n) is 22.1. The largest absolute Gasteiger partial charge is 0.286 e. The van der Waals surface area contributed by atoms with Crippen LogP contribution in [0.5, 0.6) is 0 Å². The van der Waals surface area contributed by atoms with Crippen molar-refractivity contribution in [2.45, 2.75) is 49.6 Å². The van der Waals surface area contributed by atoms with Gasteiger partial charge >= 0.3 is 0 Å². The average Bonchev–Trinajstić information content (AvgIpc) is 3.37. The Morgan fingerprint density at radius 1 is 0.344 bits per heavy atom. The second-order valence-corrected chi connectivity index (χ2v) is 16.6. The molecule has 0 bridgehead atoms. The zero-order chi connectivity index (χ0) is 43.8. The Morgan fingerprint density at radius 2 is 0.578 bits per heavy atom. The van der Waals surface area contributed by atoms with E-state index >= 15 is 9.59 Å². The molecule has 8 aromatic carbocycles. The Bertz CT molecular complexity index is 2470. The molecule has 1 saturated carbocycles. The number of amides is 2. The summed E-state index contributed by atoms with van der Waals surface area (Å²) in [6.45, 7) is 0. The van der Waals surface area contributed by atoms with Gasteiger partial charge in [-0.3, -0.25) is 20.0 Å². The molecule has 1 aliphatic carbocycles. The van der Waals surface area contributed by atoms with Crippen LogP contribution in [0.3, 0.4) is 0 Å². The lowest BCUT2D eigenvalue weighted by Gasteiger charge is -2.41. The molecular formula is C58H50N2O4. The maximum Gasteiger partial charge on any atom is 0.258 e. The molecule has 0 spiro atoms. The van der Waals surface area contributed by atoms with Crippen LogP contribution in [-0.2, 0) is 9.59 Å². The van der Waals surface area contributed by atoms with Crippen molar-refractivity contribution in [1.29, 1.82) is 0 Å². The summed E-state index contributed by atoms with van der Waals surface area (Å²) in [7, 11) is 0. The molecule has 2 atom stereocenters. The van der Waals surface area contributed by atoms with Crippen LogP contribution < -0.4 is 0 Å². The highest BCUT2D eigenvalue weighted by Gasteiger charge is 2.42. The quantitative estimate of drug-likeness (QED) is 0.0948. The van der Waals surface area contributed by atoms with E-state index in [0.717, 1.165) is 76.9 Å². The topological polar surface area (TPSA) is 81.1 Å². The first kappa shape index (κ1) is 41.9. The van der Waals surface area contributed by atoms with Crippen LogP contribution in [0.1, 0.15) is 59.8 Å². The predicted octanol–water partition coefficient (Wildman–Crippen LogP) is 13.1. The van der Waals surface area contributed by atoms with Crippen molar-refractivity contribution in [2.24, 2.45) is 0 Å². The van der Waals surface area contributed by atoms with Crippen LogP contribution in [0.4, 0.5) is 0 Å². The summed E-state index contributed by atoms with van der Waals surface area (Å²) in [6, 6.07) is 69.9. The molecule has 8 aromatic rings. The van der Waals surface area contributed by atoms with Crippen molar-refractivity contribution < 1.29 is 20.0 Å². The van der Waals surface area contributed by atoms with Gasteiger partial charge in [-0.05, 0) is 79.6 Å². The smallest absolute Gasteiger partial charge is 0.258 e. The molecule has 0 radical (unpaired) electrons. The van der Waals surface area contributed by atoms with Crippen molar-refractivity contribution in [1.82, 2.24) is 10.1 Å². The van der Waals surface area contributed by atoms with E-state index in [-0.39, 0.29) is 0 Å². The summed E-state index contributed by atoms with van der Waals surface area (Å²) in [6.07, 6.45) is 2.23. The third-order valence-corrected chi connectivity index (χ3v) is 12.6. The molecule has 1 aliphatic rings. The summed E-state index contributed by atoms with van der Waals surface area (Å²) in [5, 5.41) is 26.3. The Balaban J connectivity index is 1.08. The van der Waals surface area contributed by atoms with E-state index in [2.05, 4.69) is 0 Å². The van der Waals surface area contributed by atoms with Crippen LogP contribution in [0.15, 0.2) is 218 Å². The van der Waals surface area contributed by atoms with Gasteiger partial charge in [0.25, 0.3) is 11.8 Å². The Hall–Kier alpha value is -7.38. The number of carbonyl (C=O) groups is 2. The summed E-state index contributed by atoms with van der Waals surface area (Å²) in [5.74, 6) is -2.85. The van der Waals surface area contributed by atoms with Crippen LogP contribution >= 0.6 is 0 Å². The van der Waals surface area contributed by atoms with E-state index < -0.39 is 35.7 Å². The Kier molecular flexibility index (Phi) is 12.7. The summed E-state index contributed by atoms with van der Waals surface area (Å²) in [5.41, 5.74) is 10.7. The third-order valence-electron chi connectivity index (χ3n) is 12.6. The second kappa shape index (κ2) is 19.3. The molecule has 2 N–H and O–H groups in total.